The predicted molar refractivity (Wildman–Crippen MR) is 72.5 cm³/mol. The summed E-state index contributed by atoms with van der Waals surface area (Å²) in [6, 6.07) is 6.54. The number of aromatic carboxylic acids is 1. The van der Waals surface area contributed by atoms with Gasteiger partial charge >= 0.3 is 5.97 Å². The standard InChI is InChI=1S/C13H10BrNO4/c1-7-2-3-9(5-10(7)14)15-12(16)11-4-8(6-19-11)13(17)18/h2-6H,1H3,(H,15,16)(H,17,18). The molecule has 0 saturated heterocycles. The van der Waals surface area contributed by atoms with Crippen LogP contribution in [0.2, 0.25) is 0 Å². The topological polar surface area (TPSA) is 79.5 Å². The van der Waals surface area contributed by atoms with Gasteiger partial charge in [-0.1, -0.05) is 22.0 Å². The Hall–Kier alpha value is -2.08. The summed E-state index contributed by atoms with van der Waals surface area (Å²) in [5.74, 6) is -1.68. The van der Waals surface area contributed by atoms with Crippen molar-refractivity contribution in [2.24, 2.45) is 0 Å². The molecule has 0 radical (unpaired) electrons. The van der Waals surface area contributed by atoms with Crippen molar-refractivity contribution in [2.75, 3.05) is 5.32 Å². The number of benzene rings is 1. The zero-order chi connectivity index (χ0) is 14.0. The number of aryl methyl sites for hydroxylation is 1. The molecule has 0 aliphatic rings. The fourth-order valence-electron chi connectivity index (χ4n) is 1.43. The van der Waals surface area contributed by atoms with Gasteiger partial charge in [0, 0.05) is 16.2 Å². The molecular formula is C13H10BrNO4. The summed E-state index contributed by atoms with van der Waals surface area (Å²) in [7, 11) is 0. The van der Waals surface area contributed by atoms with Crippen molar-refractivity contribution >= 4 is 33.5 Å². The summed E-state index contributed by atoms with van der Waals surface area (Å²) in [5.41, 5.74) is 1.58. The van der Waals surface area contributed by atoms with Gasteiger partial charge in [0.15, 0.2) is 5.76 Å². The molecule has 0 spiro atoms. The Balaban J connectivity index is 2.15. The quantitative estimate of drug-likeness (QED) is 0.908. The fourth-order valence-corrected chi connectivity index (χ4v) is 1.81. The average Bonchev–Trinajstić information content (AvgIpc) is 2.83. The molecule has 2 N–H and O–H groups in total. The highest BCUT2D eigenvalue weighted by Gasteiger charge is 2.14. The Bertz CT molecular complexity index is 648. The SMILES string of the molecule is Cc1ccc(NC(=O)c2cc(C(=O)O)co2)cc1Br. The molecule has 0 atom stereocenters. The van der Waals surface area contributed by atoms with Gasteiger partial charge in [0.05, 0.1) is 5.56 Å². The van der Waals surface area contributed by atoms with Crippen LogP contribution in [0.25, 0.3) is 0 Å². The number of carbonyl (C=O) groups is 2. The van der Waals surface area contributed by atoms with E-state index < -0.39 is 11.9 Å². The average molecular weight is 324 g/mol. The van der Waals surface area contributed by atoms with Crippen molar-refractivity contribution in [3.8, 4) is 0 Å². The van der Waals surface area contributed by atoms with E-state index in [4.69, 9.17) is 9.52 Å². The molecule has 0 aliphatic carbocycles. The van der Waals surface area contributed by atoms with E-state index in [9.17, 15) is 9.59 Å². The second-order valence-corrected chi connectivity index (χ2v) is 4.78. The van der Waals surface area contributed by atoms with Gasteiger partial charge in [-0.05, 0) is 24.6 Å². The lowest BCUT2D eigenvalue weighted by molar-refractivity contribution is 0.0696. The third-order valence-corrected chi connectivity index (χ3v) is 3.35. The minimum absolute atomic E-state index is 0.0471. The molecule has 1 aromatic heterocycles. The number of hydrogen-bond donors (Lipinski definition) is 2. The summed E-state index contributed by atoms with van der Waals surface area (Å²) in [5, 5.41) is 11.4. The van der Waals surface area contributed by atoms with Crippen molar-refractivity contribution in [3.05, 3.63) is 51.9 Å². The van der Waals surface area contributed by atoms with E-state index >= 15 is 0 Å². The lowest BCUT2D eigenvalue weighted by Gasteiger charge is -2.05. The number of nitrogens with one attached hydrogen (secondary N) is 1. The van der Waals surface area contributed by atoms with E-state index in [0.29, 0.717) is 5.69 Å². The van der Waals surface area contributed by atoms with Crippen LogP contribution in [0.4, 0.5) is 5.69 Å². The van der Waals surface area contributed by atoms with Crippen molar-refractivity contribution in [3.63, 3.8) is 0 Å². The monoisotopic (exact) mass is 323 g/mol. The van der Waals surface area contributed by atoms with E-state index in [-0.39, 0.29) is 11.3 Å². The zero-order valence-corrected chi connectivity index (χ0v) is 11.5. The molecule has 0 fully saturated rings. The third-order valence-electron chi connectivity index (χ3n) is 2.50. The van der Waals surface area contributed by atoms with Gasteiger partial charge in [0.25, 0.3) is 5.91 Å². The van der Waals surface area contributed by atoms with Crippen LogP contribution in [0.5, 0.6) is 0 Å². The van der Waals surface area contributed by atoms with Gasteiger partial charge in [-0.3, -0.25) is 4.79 Å². The van der Waals surface area contributed by atoms with Crippen LogP contribution in [-0.2, 0) is 0 Å². The zero-order valence-electron chi connectivity index (χ0n) is 9.94. The van der Waals surface area contributed by atoms with Crippen LogP contribution in [0.3, 0.4) is 0 Å². The molecule has 0 unspecified atom stereocenters. The number of anilines is 1. The lowest BCUT2D eigenvalue weighted by Crippen LogP contribution is -2.11. The molecule has 0 bridgehead atoms. The predicted octanol–water partition coefficient (Wildman–Crippen LogP) is 3.30. The minimum atomic E-state index is -1.14. The summed E-state index contributed by atoms with van der Waals surface area (Å²) in [4.78, 5) is 22.5. The summed E-state index contributed by atoms with van der Waals surface area (Å²) < 4.78 is 5.78. The lowest BCUT2D eigenvalue weighted by atomic mass is 10.2. The molecule has 2 rings (SSSR count). The smallest absolute Gasteiger partial charge is 0.338 e. The van der Waals surface area contributed by atoms with Crippen LogP contribution < -0.4 is 5.32 Å². The summed E-state index contributed by atoms with van der Waals surface area (Å²) in [6.45, 7) is 1.93. The Morgan fingerprint density at radius 3 is 2.63 bits per heavy atom. The second-order valence-electron chi connectivity index (χ2n) is 3.92. The Morgan fingerprint density at radius 2 is 2.05 bits per heavy atom. The molecule has 98 valence electrons. The van der Waals surface area contributed by atoms with Crippen LogP contribution in [0.1, 0.15) is 26.5 Å². The molecule has 1 aromatic carbocycles. The first-order chi connectivity index (χ1) is 8.97. The summed E-state index contributed by atoms with van der Waals surface area (Å²) >= 11 is 3.36. The molecule has 0 aliphatic heterocycles. The minimum Gasteiger partial charge on any atom is -0.478 e. The van der Waals surface area contributed by atoms with Crippen LogP contribution in [0.15, 0.2) is 39.4 Å². The van der Waals surface area contributed by atoms with Gasteiger partial charge in [0.1, 0.15) is 6.26 Å². The maximum absolute atomic E-state index is 11.8. The molecule has 1 amide bonds. The Morgan fingerprint density at radius 1 is 1.32 bits per heavy atom. The number of carboxylic acids is 1. The highest BCUT2D eigenvalue weighted by Crippen LogP contribution is 2.21. The van der Waals surface area contributed by atoms with E-state index in [2.05, 4.69) is 21.2 Å². The van der Waals surface area contributed by atoms with Crippen molar-refractivity contribution < 1.29 is 19.1 Å². The third kappa shape index (κ3) is 3.03. The van der Waals surface area contributed by atoms with Crippen LogP contribution >= 0.6 is 15.9 Å². The Kier molecular flexibility index (Phi) is 3.71. The Labute approximate surface area is 117 Å². The molecule has 5 nitrogen and oxygen atoms in total. The van der Waals surface area contributed by atoms with Gasteiger partial charge < -0.3 is 14.8 Å². The summed E-state index contributed by atoms with van der Waals surface area (Å²) in [6.07, 6.45) is 1.03. The number of hydrogen-bond acceptors (Lipinski definition) is 3. The molecule has 1 heterocycles. The highest BCUT2D eigenvalue weighted by atomic mass is 79.9. The second kappa shape index (κ2) is 5.27. The van der Waals surface area contributed by atoms with Crippen molar-refractivity contribution in [1.82, 2.24) is 0 Å². The molecule has 19 heavy (non-hydrogen) atoms. The largest absolute Gasteiger partial charge is 0.478 e. The number of carboxylic acid groups (broad SMARTS) is 1. The van der Waals surface area contributed by atoms with Crippen LogP contribution in [-0.4, -0.2) is 17.0 Å². The van der Waals surface area contributed by atoms with Gasteiger partial charge in [-0.2, -0.15) is 0 Å². The van der Waals surface area contributed by atoms with Crippen molar-refractivity contribution in [2.45, 2.75) is 6.92 Å². The van der Waals surface area contributed by atoms with Gasteiger partial charge in [0.2, 0.25) is 0 Å². The normalized spacial score (nSPS) is 10.2. The van der Waals surface area contributed by atoms with E-state index in [1.54, 1.807) is 12.1 Å². The molecule has 2 aromatic rings. The number of carbonyl (C=O) groups excluding carboxylic acids is 1. The number of rotatable bonds is 3. The maximum Gasteiger partial charge on any atom is 0.338 e. The molecule has 6 heteroatoms. The van der Waals surface area contributed by atoms with E-state index in [1.807, 2.05) is 13.0 Å². The van der Waals surface area contributed by atoms with Gasteiger partial charge in [-0.15, -0.1) is 0 Å². The van der Waals surface area contributed by atoms with E-state index in [1.165, 1.54) is 6.07 Å². The van der Waals surface area contributed by atoms with Crippen molar-refractivity contribution in [1.29, 1.82) is 0 Å². The maximum atomic E-state index is 11.8. The first kappa shape index (κ1) is 13.4. The molecular weight excluding hydrogens is 314 g/mol. The van der Waals surface area contributed by atoms with Crippen LogP contribution in [0, 0.1) is 6.92 Å². The molecule has 0 saturated carbocycles. The number of amides is 1. The number of halogens is 1. The first-order valence-corrected chi connectivity index (χ1v) is 6.16. The number of furan rings is 1. The highest BCUT2D eigenvalue weighted by molar-refractivity contribution is 9.10. The van der Waals surface area contributed by atoms with Gasteiger partial charge in [-0.25, -0.2) is 4.79 Å². The fraction of sp³-hybridized carbons (Fsp3) is 0.0769. The van der Waals surface area contributed by atoms with E-state index in [0.717, 1.165) is 16.3 Å². The first-order valence-electron chi connectivity index (χ1n) is 5.36.